The minimum atomic E-state index is -4.82. The number of rotatable bonds is 9. The molecule has 0 fully saturated rings. The highest BCUT2D eigenvalue weighted by Gasteiger charge is 2.51. The molecule has 0 radical (unpaired) electrons. The number of sulfonamides is 1. The van der Waals surface area contributed by atoms with E-state index < -0.39 is 40.0 Å². The van der Waals surface area contributed by atoms with Crippen molar-refractivity contribution in [3.63, 3.8) is 0 Å². The van der Waals surface area contributed by atoms with E-state index in [0.717, 1.165) is 4.31 Å². The third-order valence-electron chi connectivity index (χ3n) is 5.72. The summed E-state index contributed by atoms with van der Waals surface area (Å²) in [5, 5.41) is 5.89. The topological polar surface area (TPSA) is 129 Å². The summed E-state index contributed by atoms with van der Waals surface area (Å²) in [5.74, 6) is -0.388. The Morgan fingerprint density at radius 3 is 2.54 bits per heavy atom. The van der Waals surface area contributed by atoms with E-state index in [1.807, 2.05) is 0 Å². The molecule has 16 heteroatoms. The van der Waals surface area contributed by atoms with Gasteiger partial charge in [-0.25, -0.2) is 13.2 Å². The van der Waals surface area contributed by atoms with E-state index in [9.17, 15) is 31.2 Å². The number of carbonyl (C=O) groups excluding carboxylic acids is 2. The molecule has 1 amide bonds. The predicted octanol–water partition coefficient (Wildman–Crippen LogP) is 4.75. The number of anilines is 2. The van der Waals surface area contributed by atoms with Crippen molar-refractivity contribution in [3.05, 3.63) is 29.5 Å². The monoisotopic (exact) mass is 596 g/mol. The number of aromatic nitrogens is 2. The summed E-state index contributed by atoms with van der Waals surface area (Å²) in [6.45, 7) is 5.08. The van der Waals surface area contributed by atoms with Gasteiger partial charge < -0.3 is 14.2 Å². The van der Waals surface area contributed by atoms with Crippen molar-refractivity contribution in [1.29, 1.82) is 0 Å². The fourth-order valence-corrected chi connectivity index (χ4v) is 5.49. The van der Waals surface area contributed by atoms with E-state index in [-0.39, 0.29) is 53.2 Å². The number of hydrogen-bond acceptors (Lipinski definition) is 8. The molecule has 11 nitrogen and oxygen atoms in total. The lowest BCUT2D eigenvalue weighted by Crippen LogP contribution is -2.44. The first-order valence-corrected chi connectivity index (χ1v) is 13.7. The third kappa shape index (κ3) is 6.87. The van der Waals surface area contributed by atoms with E-state index in [2.05, 4.69) is 15.2 Å². The molecule has 216 valence electrons. The minimum Gasteiger partial charge on any atom is -0.486 e. The third-order valence-corrected chi connectivity index (χ3v) is 7.89. The van der Waals surface area contributed by atoms with E-state index >= 15 is 0 Å². The van der Waals surface area contributed by atoms with E-state index in [1.165, 1.54) is 29.1 Å². The van der Waals surface area contributed by atoms with Crippen LogP contribution in [-0.2, 0) is 30.8 Å². The molecule has 0 aliphatic carbocycles. The number of halogens is 4. The first-order chi connectivity index (χ1) is 18.1. The maximum Gasteiger partial charge on any atom is 0.427 e. The van der Waals surface area contributed by atoms with Gasteiger partial charge in [0, 0.05) is 24.8 Å². The first-order valence-electron chi connectivity index (χ1n) is 11.9. The van der Waals surface area contributed by atoms with Gasteiger partial charge in [-0.05, 0) is 52.3 Å². The zero-order chi connectivity index (χ0) is 29.2. The number of aryl methyl sites for hydroxylation is 1. The van der Waals surface area contributed by atoms with Crippen LogP contribution >= 0.6 is 11.6 Å². The molecule has 0 saturated heterocycles. The molecule has 0 bridgehead atoms. The smallest absolute Gasteiger partial charge is 0.427 e. The molecule has 1 aliphatic heterocycles. The average Bonchev–Trinajstić information content (AvgIpc) is 3.23. The molecule has 1 aromatic heterocycles. The van der Waals surface area contributed by atoms with Crippen molar-refractivity contribution in [3.8, 4) is 5.75 Å². The molecular weight excluding hydrogens is 569 g/mol. The first kappa shape index (κ1) is 30.3. The molecule has 2 heterocycles. The molecule has 1 aromatic carbocycles. The second-order valence-corrected chi connectivity index (χ2v) is 11.2. The summed E-state index contributed by atoms with van der Waals surface area (Å²) >= 11 is 6.13. The molecule has 1 aliphatic rings. The zero-order valence-corrected chi connectivity index (χ0v) is 23.1. The highest BCUT2D eigenvalue weighted by molar-refractivity contribution is 7.93. The Hall–Kier alpha value is -3.20. The number of alkyl halides is 3. The fraction of sp³-hybridized carbons (Fsp3) is 0.522. The Balaban J connectivity index is 1.95. The van der Waals surface area contributed by atoms with Crippen molar-refractivity contribution < 1.29 is 45.4 Å². The summed E-state index contributed by atoms with van der Waals surface area (Å²) in [5.41, 5.74) is -2.84. The number of hydrogen-bond donors (Lipinski definition) is 1. The second-order valence-electron chi connectivity index (χ2n) is 8.96. The molecule has 39 heavy (non-hydrogen) atoms. The number of nitrogens with one attached hydrogen (secondary N) is 1. The van der Waals surface area contributed by atoms with E-state index in [0.29, 0.717) is 20.4 Å². The van der Waals surface area contributed by atoms with Crippen molar-refractivity contribution in [2.45, 2.75) is 69.9 Å². The molecule has 1 N–H and O–H groups in total. The average molecular weight is 597 g/mol. The van der Waals surface area contributed by atoms with Crippen LogP contribution in [0.3, 0.4) is 0 Å². The summed E-state index contributed by atoms with van der Waals surface area (Å²) in [7, 11) is -4.34. The van der Waals surface area contributed by atoms with Gasteiger partial charge in [0.15, 0.2) is 5.15 Å². The molecular formula is C23H28ClF3N4O7S. The number of benzene rings is 1. The number of ether oxygens (including phenoxy) is 3. The summed E-state index contributed by atoms with van der Waals surface area (Å²) in [6, 6.07) is 3.87. The summed E-state index contributed by atoms with van der Waals surface area (Å²) < 4.78 is 84.5. The summed E-state index contributed by atoms with van der Waals surface area (Å²) in [6.07, 6.45) is -5.61. The SMILES string of the molecule is CCOC(=O)CCC1CN(S(=O)(=O)c2cn(CC)nc2Cl)c2cc(NC(=O)OC(C)(C)C(F)(F)F)ccc2O1. The van der Waals surface area contributed by atoms with Crippen molar-refractivity contribution in [1.82, 2.24) is 9.78 Å². The standard InChI is InChI=1S/C23H28ClF3N4O7S/c1-5-30-13-18(20(24)29-30)39(34,35)31-12-15(8-10-19(32)36-6-2)37-17-9-7-14(11-16(17)31)28-21(33)38-22(3,4)23(25,26)27/h7,9,11,13,15H,5-6,8,10,12H2,1-4H3,(H,28,33). The van der Waals surface area contributed by atoms with E-state index in [1.54, 1.807) is 13.8 Å². The Morgan fingerprint density at radius 1 is 1.26 bits per heavy atom. The maximum absolute atomic E-state index is 13.7. The zero-order valence-electron chi connectivity index (χ0n) is 21.5. The van der Waals surface area contributed by atoms with Gasteiger partial charge in [-0.2, -0.15) is 18.3 Å². The molecule has 1 unspecified atom stereocenters. The van der Waals surface area contributed by atoms with Gasteiger partial charge in [-0.3, -0.25) is 19.1 Å². The van der Waals surface area contributed by atoms with Crippen LogP contribution < -0.4 is 14.4 Å². The largest absolute Gasteiger partial charge is 0.486 e. The van der Waals surface area contributed by atoms with Crippen LogP contribution in [0.25, 0.3) is 0 Å². The number of nitrogens with zero attached hydrogens (tertiary/aromatic N) is 3. The maximum atomic E-state index is 13.7. The van der Waals surface area contributed by atoms with Crippen molar-refractivity contribution in [2.75, 3.05) is 22.8 Å². The quantitative estimate of drug-likeness (QED) is 0.411. The Morgan fingerprint density at radius 2 is 1.95 bits per heavy atom. The lowest BCUT2D eigenvalue weighted by atomic mass is 10.1. The van der Waals surface area contributed by atoms with E-state index in [4.69, 9.17) is 21.1 Å². The Kier molecular flexibility index (Phi) is 8.95. The van der Waals surface area contributed by atoms with Gasteiger partial charge in [-0.1, -0.05) is 11.6 Å². The number of fused-ring (bicyclic) bond motifs is 1. The Labute approximate surface area is 228 Å². The van der Waals surface area contributed by atoms with Crippen LogP contribution in [0.5, 0.6) is 5.75 Å². The normalized spacial score (nSPS) is 15.8. The predicted molar refractivity (Wildman–Crippen MR) is 134 cm³/mol. The van der Waals surface area contributed by atoms with Gasteiger partial charge in [0.1, 0.15) is 16.7 Å². The van der Waals surface area contributed by atoms with Gasteiger partial charge in [0.2, 0.25) is 5.60 Å². The molecule has 2 aromatic rings. The molecule has 0 spiro atoms. The van der Waals surface area contributed by atoms with Crippen LogP contribution in [0.4, 0.5) is 29.3 Å². The second kappa shape index (κ2) is 11.5. The van der Waals surface area contributed by atoms with Crippen molar-refractivity contribution >= 4 is 45.1 Å². The fourth-order valence-electron chi connectivity index (χ4n) is 3.55. The molecule has 0 saturated carbocycles. The van der Waals surface area contributed by atoms with Gasteiger partial charge in [0.25, 0.3) is 10.0 Å². The Bertz CT molecular complexity index is 1330. The van der Waals surface area contributed by atoms with Crippen LogP contribution in [0.1, 0.15) is 40.5 Å². The van der Waals surface area contributed by atoms with Gasteiger partial charge in [-0.15, -0.1) is 0 Å². The van der Waals surface area contributed by atoms with Gasteiger partial charge in [0.05, 0.1) is 18.8 Å². The minimum absolute atomic E-state index is 0.0180. The van der Waals surface area contributed by atoms with Crippen LogP contribution in [0.15, 0.2) is 29.3 Å². The van der Waals surface area contributed by atoms with Gasteiger partial charge >= 0.3 is 18.2 Å². The highest BCUT2D eigenvalue weighted by Crippen LogP contribution is 2.41. The number of esters is 1. The van der Waals surface area contributed by atoms with Crippen LogP contribution in [0.2, 0.25) is 5.15 Å². The molecule has 1 atom stereocenters. The lowest BCUT2D eigenvalue weighted by Gasteiger charge is -2.35. The lowest BCUT2D eigenvalue weighted by molar-refractivity contribution is -0.242. The van der Waals surface area contributed by atoms with Crippen LogP contribution in [0, 0.1) is 0 Å². The van der Waals surface area contributed by atoms with Crippen molar-refractivity contribution in [2.24, 2.45) is 0 Å². The number of amides is 1. The molecule has 3 rings (SSSR count). The van der Waals surface area contributed by atoms with Crippen LogP contribution in [-0.4, -0.2) is 61.3 Å². The summed E-state index contributed by atoms with van der Waals surface area (Å²) in [4.78, 5) is 23.8. The number of carbonyl (C=O) groups is 2. The highest BCUT2D eigenvalue weighted by atomic mass is 35.5.